The highest BCUT2D eigenvalue weighted by atomic mass is 16.5. The summed E-state index contributed by atoms with van der Waals surface area (Å²) in [5.41, 5.74) is 0.164. The Kier molecular flexibility index (Phi) is 3.36. The number of aliphatic hydroxyl groups excluding tert-OH is 1. The second-order valence-electron chi connectivity index (χ2n) is 5.73. The zero-order valence-corrected chi connectivity index (χ0v) is 10.0. The van der Waals surface area contributed by atoms with E-state index in [2.05, 4.69) is 13.8 Å². The van der Waals surface area contributed by atoms with Gasteiger partial charge in [0.05, 0.1) is 12.2 Å². The summed E-state index contributed by atoms with van der Waals surface area (Å²) < 4.78 is 5.94. The Morgan fingerprint density at radius 2 is 2.00 bits per heavy atom. The predicted octanol–water partition coefficient (Wildman–Crippen LogP) is 2.74. The molecule has 2 saturated carbocycles. The molecular weight excluding hydrogens is 188 g/mol. The number of hydrogen-bond acceptors (Lipinski definition) is 2. The minimum Gasteiger partial charge on any atom is -0.392 e. The zero-order valence-electron chi connectivity index (χ0n) is 10.0. The van der Waals surface area contributed by atoms with Crippen LogP contribution in [0.2, 0.25) is 0 Å². The number of hydrogen-bond donors (Lipinski definition) is 1. The van der Waals surface area contributed by atoms with Gasteiger partial charge in [0, 0.05) is 18.4 Å². The third-order valence-corrected chi connectivity index (χ3v) is 4.29. The van der Waals surface area contributed by atoms with Crippen LogP contribution in [0, 0.1) is 11.3 Å². The Labute approximate surface area is 93.0 Å². The van der Waals surface area contributed by atoms with Gasteiger partial charge in [0.25, 0.3) is 0 Å². The van der Waals surface area contributed by atoms with E-state index in [1.165, 1.54) is 25.7 Å². The van der Waals surface area contributed by atoms with Crippen molar-refractivity contribution in [2.24, 2.45) is 11.3 Å². The van der Waals surface area contributed by atoms with Crippen LogP contribution in [-0.2, 0) is 4.74 Å². The van der Waals surface area contributed by atoms with Crippen molar-refractivity contribution in [1.82, 2.24) is 0 Å². The largest absolute Gasteiger partial charge is 0.392 e. The van der Waals surface area contributed by atoms with Crippen molar-refractivity contribution in [2.75, 3.05) is 6.61 Å². The van der Waals surface area contributed by atoms with E-state index >= 15 is 0 Å². The standard InChI is InChI=1S/C13H24O2/c1-10(2)5-8-15-12-9-11(14)13(12)6-3-4-7-13/h10-12,14H,3-9H2,1-2H3. The summed E-state index contributed by atoms with van der Waals surface area (Å²) in [5, 5.41) is 9.90. The molecule has 0 aromatic rings. The van der Waals surface area contributed by atoms with Crippen molar-refractivity contribution in [1.29, 1.82) is 0 Å². The van der Waals surface area contributed by atoms with Crippen molar-refractivity contribution in [3.63, 3.8) is 0 Å². The van der Waals surface area contributed by atoms with Crippen LogP contribution in [0.25, 0.3) is 0 Å². The SMILES string of the molecule is CC(C)CCOC1CC(O)C12CCCC2. The molecule has 0 aromatic carbocycles. The molecule has 88 valence electrons. The van der Waals surface area contributed by atoms with Gasteiger partial charge in [-0.15, -0.1) is 0 Å². The molecule has 1 spiro atoms. The van der Waals surface area contributed by atoms with E-state index < -0.39 is 0 Å². The average molecular weight is 212 g/mol. The zero-order chi connectivity index (χ0) is 10.9. The monoisotopic (exact) mass is 212 g/mol. The lowest BCUT2D eigenvalue weighted by atomic mass is 9.62. The second kappa shape index (κ2) is 4.42. The van der Waals surface area contributed by atoms with E-state index in [1.54, 1.807) is 0 Å². The Morgan fingerprint density at radius 3 is 2.53 bits per heavy atom. The summed E-state index contributed by atoms with van der Waals surface area (Å²) in [5.74, 6) is 0.717. The van der Waals surface area contributed by atoms with Crippen LogP contribution >= 0.6 is 0 Å². The van der Waals surface area contributed by atoms with Gasteiger partial charge in [0.2, 0.25) is 0 Å². The minimum atomic E-state index is -0.0796. The smallest absolute Gasteiger partial charge is 0.0680 e. The van der Waals surface area contributed by atoms with Gasteiger partial charge < -0.3 is 9.84 Å². The van der Waals surface area contributed by atoms with Crippen LogP contribution in [0.5, 0.6) is 0 Å². The summed E-state index contributed by atoms with van der Waals surface area (Å²) in [4.78, 5) is 0. The van der Waals surface area contributed by atoms with E-state index in [4.69, 9.17) is 4.74 Å². The van der Waals surface area contributed by atoms with Crippen LogP contribution < -0.4 is 0 Å². The highest BCUT2D eigenvalue weighted by Gasteiger charge is 2.56. The lowest BCUT2D eigenvalue weighted by Gasteiger charge is -2.51. The first kappa shape index (κ1) is 11.4. The molecule has 2 atom stereocenters. The van der Waals surface area contributed by atoms with Gasteiger partial charge >= 0.3 is 0 Å². The molecule has 2 heteroatoms. The molecule has 1 N–H and O–H groups in total. The predicted molar refractivity (Wildman–Crippen MR) is 60.7 cm³/mol. The Bertz CT molecular complexity index is 207. The number of rotatable bonds is 4. The molecule has 2 fully saturated rings. The van der Waals surface area contributed by atoms with Gasteiger partial charge in [0.1, 0.15) is 0 Å². The molecule has 0 saturated heterocycles. The maximum Gasteiger partial charge on any atom is 0.0680 e. The van der Waals surface area contributed by atoms with Gasteiger partial charge in [-0.2, -0.15) is 0 Å². The fourth-order valence-electron chi connectivity index (χ4n) is 3.09. The topological polar surface area (TPSA) is 29.5 Å². The molecule has 2 aliphatic rings. The van der Waals surface area contributed by atoms with Crippen molar-refractivity contribution in [3.8, 4) is 0 Å². The summed E-state index contributed by atoms with van der Waals surface area (Å²) in [6.07, 6.45) is 7.21. The van der Waals surface area contributed by atoms with Crippen molar-refractivity contribution in [2.45, 2.75) is 64.6 Å². The molecule has 15 heavy (non-hydrogen) atoms. The molecule has 0 aromatic heterocycles. The fourth-order valence-corrected chi connectivity index (χ4v) is 3.09. The normalized spacial score (nSPS) is 33.6. The Morgan fingerprint density at radius 1 is 1.33 bits per heavy atom. The molecule has 2 unspecified atom stereocenters. The van der Waals surface area contributed by atoms with Crippen molar-refractivity contribution >= 4 is 0 Å². The third-order valence-electron chi connectivity index (χ3n) is 4.29. The fraction of sp³-hybridized carbons (Fsp3) is 1.00. The molecule has 0 heterocycles. The molecule has 0 amide bonds. The van der Waals surface area contributed by atoms with Crippen LogP contribution in [0.1, 0.15) is 52.4 Å². The van der Waals surface area contributed by atoms with E-state index in [0.29, 0.717) is 6.10 Å². The van der Waals surface area contributed by atoms with Gasteiger partial charge in [-0.1, -0.05) is 26.7 Å². The molecular formula is C13H24O2. The molecule has 0 aliphatic heterocycles. The first-order valence-corrected chi connectivity index (χ1v) is 6.45. The Balaban J connectivity index is 1.78. The highest BCUT2D eigenvalue weighted by molar-refractivity contribution is 5.06. The minimum absolute atomic E-state index is 0.0796. The Hall–Kier alpha value is -0.0800. The van der Waals surface area contributed by atoms with Gasteiger partial charge in [0.15, 0.2) is 0 Å². The lowest BCUT2D eigenvalue weighted by Crippen LogP contribution is -2.56. The quantitative estimate of drug-likeness (QED) is 0.776. The number of aliphatic hydroxyl groups is 1. The van der Waals surface area contributed by atoms with Crippen molar-refractivity contribution in [3.05, 3.63) is 0 Å². The lowest BCUT2D eigenvalue weighted by molar-refractivity contribution is -0.190. The molecule has 0 bridgehead atoms. The molecule has 2 rings (SSSR count). The second-order valence-corrected chi connectivity index (χ2v) is 5.73. The summed E-state index contributed by atoms with van der Waals surface area (Å²) in [6.45, 7) is 5.32. The van der Waals surface area contributed by atoms with Crippen molar-refractivity contribution < 1.29 is 9.84 Å². The first-order valence-electron chi connectivity index (χ1n) is 6.45. The van der Waals surface area contributed by atoms with E-state index in [9.17, 15) is 5.11 Å². The van der Waals surface area contributed by atoms with Crippen LogP contribution in [0.15, 0.2) is 0 Å². The molecule has 0 radical (unpaired) electrons. The summed E-state index contributed by atoms with van der Waals surface area (Å²) in [6, 6.07) is 0. The van der Waals surface area contributed by atoms with Gasteiger partial charge in [-0.3, -0.25) is 0 Å². The summed E-state index contributed by atoms with van der Waals surface area (Å²) >= 11 is 0. The highest BCUT2D eigenvalue weighted by Crippen LogP contribution is 2.54. The maximum atomic E-state index is 9.90. The van der Waals surface area contributed by atoms with E-state index in [-0.39, 0.29) is 11.5 Å². The average Bonchev–Trinajstić information content (AvgIpc) is 2.67. The van der Waals surface area contributed by atoms with Crippen LogP contribution in [0.4, 0.5) is 0 Å². The third kappa shape index (κ3) is 2.07. The van der Waals surface area contributed by atoms with Gasteiger partial charge in [-0.05, 0) is 25.2 Å². The molecule has 2 nitrogen and oxygen atoms in total. The maximum absolute atomic E-state index is 9.90. The van der Waals surface area contributed by atoms with E-state index in [1.807, 2.05) is 0 Å². The van der Waals surface area contributed by atoms with Gasteiger partial charge in [-0.25, -0.2) is 0 Å². The van der Waals surface area contributed by atoms with E-state index in [0.717, 1.165) is 25.4 Å². The number of ether oxygens (including phenoxy) is 1. The van der Waals surface area contributed by atoms with Crippen LogP contribution in [0.3, 0.4) is 0 Å². The summed E-state index contributed by atoms with van der Waals surface area (Å²) in [7, 11) is 0. The first-order chi connectivity index (χ1) is 7.15. The molecule has 2 aliphatic carbocycles. The van der Waals surface area contributed by atoms with Crippen LogP contribution in [-0.4, -0.2) is 23.9 Å².